The van der Waals surface area contributed by atoms with Crippen LogP contribution in [0.4, 0.5) is 11.4 Å². The predicted molar refractivity (Wildman–Crippen MR) is 101 cm³/mol. The normalized spacial score (nSPS) is 10.6. The zero-order valence-electron chi connectivity index (χ0n) is 14.3. The van der Waals surface area contributed by atoms with Gasteiger partial charge in [0.1, 0.15) is 0 Å². The fraction of sp³-hybridized carbons (Fsp3) is 0.182. The van der Waals surface area contributed by atoms with Crippen LogP contribution in [0.1, 0.15) is 16.7 Å². The smallest absolute Gasteiger partial charge is 0.0440 e. The van der Waals surface area contributed by atoms with Gasteiger partial charge in [0.15, 0.2) is 0 Å². The molecule has 23 heavy (non-hydrogen) atoms. The number of para-hydroxylation sites is 1. The van der Waals surface area contributed by atoms with Crippen molar-refractivity contribution in [1.29, 1.82) is 0 Å². The van der Waals surface area contributed by atoms with Crippen LogP contribution < -0.4 is 4.90 Å². The van der Waals surface area contributed by atoms with Crippen LogP contribution in [0.15, 0.2) is 66.7 Å². The molecule has 1 heteroatoms. The van der Waals surface area contributed by atoms with E-state index in [9.17, 15) is 0 Å². The highest BCUT2D eigenvalue weighted by Crippen LogP contribution is 2.35. The highest BCUT2D eigenvalue weighted by molar-refractivity contribution is 5.77. The van der Waals surface area contributed by atoms with Crippen molar-refractivity contribution in [1.82, 2.24) is 0 Å². The lowest BCUT2D eigenvalue weighted by Crippen LogP contribution is -2.11. The predicted octanol–water partition coefficient (Wildman–Crippen LogP) is 6.05. The summed E-state index contributed by atoms with van der Waals surface area (Å²) in [7, 11) is 2.13. The van der Waals surface area contributed by atoms with Gasteiger partial charge in [0.2, 0.25) is 0 Å². The van der Waals surface area contributed by atoms with Crippen LogP contribution >= 0.6 is 0 Å². The van der Waals surface area contributed by atoms with E-state index in [1.54, 1.807) is 0 Å². The average Bonchev–Trinajstić information content (AvgIpc) is 2.58. The van der Waals surface area contributed by atoms with Crippen molar-refractivity contribution in [2.45, 2.75) is 20.8 Å². The molecule has 0 saturated heterocycles. The van der Waals surface area contributed by atoms with Crippen molar-refractivity contribution in [2.75, 3.05) is 11.9 Å². The van der Waals surface area contributed by atoms with Crippen LogP contribution in [-0.2, 0) is 0 Å². The average molecular weight is 301 g/mol. The maximum absolute atomic E-state index is 2.25. The van der Waals surface area contributed by atoms with E-state index in [0.29, 0.717) is 0 Å². The lowest BCUT2D eigenvalue weighted by atomic mass is 9.93. The van der Waals surface area contributed by atoms with E-state index in [1.807, 2.05) is 0 Å². The molecule has 0 fully saturated rings. The largest absolute Gasteiger partial charge is 0.344 e. The van der Waals surface area contributed by atoms with Gasteiger partial charge in [-0.15, -0.1) is 0 Å². The molecule has 0 atom stereocenters. The first-order valence-electron chi connectivity index (χ1n) is 8.04. The van der Waals surface area contributed by atoms with E-state index in [-0.39, 0.29) is 0 Å². The van der Waals surface area contributed by atoms with Crippen LogP contribution in [0.3, 0.4) is 0 Å². The Labute approximate surface area is 139 Å². The lowest BCUT2D eigenvalue weighted by molar-refractivity contribution is 1.17. The van der Waals surface area contributed by atoms with Crippen molar-refractivity contribution in [3.05, 3.63) is 83.4 Å². The maximum atomic E-state index is 2.25. The minimum Gasteiger partial charge on any atom is -0.344 e. The third-order valence-corrected chi connectivity index (χ3v) is 4.70. The standard InChI is InChI=1S/C22H23N/c1-16-10-8-9-13-20(16)21-14-15-22(18(3)17(21)2)23(4)19-11-6-5-7-12-19/h5-15H,1-4H3. The van der Waals surface area contributed by atoms with E-state index in [1.165, 1.54) is 39.2 Å². The van der Waals surface area contributed by atoms with Crippen LogP contribution in [0.5, 0.6) is 0 Å². The molecular formula is C22H23N. The maximum Gasteiger partial charge on any atom is 0.0440 e. The van der Waals surface area contributed by atoms with Gasteiger partial charge in [-0.2, -0.15) is 0 Å². The monoisotopic (exact) mass is 301 g/mol. The molecule has 0 amide bonds. The first-order valence-corrected chi connectivity index (χ1v) is 8.04. The molecule has 116 valence electrons. The zero-order chi connectivity index (χ0) is 16.4. The molecule has 3 aromatic rings. The van der Waals surface area contributed by atoms with E-state index < -0.39 is 0 Å². The molecule has 3 aromatic carbocycles. The Morgan fingerprint density at radius 2 is 1.26 bits per heavy atom. The van der Waals surface area contributed by atoms with Crippen molar-refractivity contribution in [2.24, 2.45) is 0 Å². The summed E-state index contributed by atoms with van der Waals surface area (Å²) in [5.41, 5.74) is 9.10. The SMILES string of the molecule is Cc1ccccc1-c1ccc(N(C)c2ccccc2)c(C)c1C. The molecule has 0 aliphatic carbocycles. The Balaban J connectivity index is 2.07. The number of hydrogen-bond donors (Lipinski definition) is 0. The van der Waals surface area contributed by atoms with E-state index >= 15 is 0 Å². The molecule has 3 rings (SSSR count). The zero-order valence-corrected chi connectivity index (χ0v) is 14.3. The molecule has 0 N–H and O–H groups in total. The highest BCUT2D eigenvalue weighted by atomic mass is 15.1. The molecule has 0 heterocycles. The Morgan fingerprint density at radius 3 is 1.96 bits per heavy atom. The summed E-state index contributed by atoms with van der Waals surface area (Å²) in [5, 5.41) is 0. The molecule has 0 spiro atoms. The molecule has 0 aliphatic rings. The molecule has 0 saturated carbocycles. The summed E-state index contributed by atoms with van der Waals surface area (Å²) in [6.45, 7) is 6.61. The van der Waals surface area contributed by atoms with Gasteiger partial charge in [-0.1, -0.05) is 48.5 Å². The van der Waals surface area contributed by atoms with Crippen molar-refractivity contribution in [3.63, 3.8) is 0 Å². The summed E-state index contributed by atoms with van der Waals surface area (Å²) in [6.07, 6.45) is 0. The van der Waals surface area contributed by atoms with Crippen LogP contribution in [0.25, 0.3) is 11.1 Å². The number of rotatable bonds is 3. The number of anilines is 2. The minimum absolute atomic E-state index is 1.21. The second kappa shape index (κ2) is 6.29. The topological polar surface area (TPSA) is 3.24 Å². The summed E-state index contributed by atoms with van der Waals surface area (Å²) in [5.74, 6) is 0. The molecule has 0 aromatic heterocycles. The first-order chi connectivity index (χ1) is 11.1. The quantitative estimate of drug-likeness (QED) is 0.569. The van der Waals surface area contributed by atoms with Gasteiger partial charge in [-0.05, 0) is 66.8 Å². The third kappa shape index (κ3) is 2.87. The van der Waals surface area contributed by atoms with Gasteiger partial charge in [0, 0.05) is 18.4 Å². The molecular weight excluding hydrogens is 278 g/mol. The Kier molecular flexibility index (Phi) is 4.20. The Hall–Kier alpha value is -2.54. The fourth-order valence-electron chi connectivity index (χ4n) is 3.13. The van der Waals surface area contributed by atoms with Gasteiger partial charge in [0.05, 0.1) is 0 Å². The van der Waals surface area contributed by atoms with Crippen LogP contribution in [0.2, 0.25) is 0 Å². The van der Waals surface area contributed by atoms with Crippen LogP contribution in [0, 0.1) is 20.8 Å². The number of nitrogens with zero attached hydrogens (tertiary/aromatic N) is 1. The number of benzene rings is 3. The summed E-state index contributed by atoms with van der Waals surface area (Å²) < 4.78 is 0. The van der Waals surface area contributed by atoms with Gasteiger partial charge in [-0.25, -0.2) is 0 Å². The summed E-state index contributed by atoms with van der Waals surface area (Å²) in [6, 6.07) is 23.6. The molecule has 0 unspecified atom stereocenters. The number of aryl methyl sites for hydroxylation is 1. The second-order valence-corrected chi connectivity index (χ2v) is 6.09. The van der Waals surface area contributed by atoms with Crippen molar-refractivity contribution >= 4 is 11.4 Å². The highest BCUT2D eigenvalue weighted by Gasteiger charge is 2.13. The first kappa shape index (κ1) is 15.4. The van der Waals surface area contributed by atoms with Gasteiger partial charge < -0.3 is 4.90 Å². The summed E-state index contributed by atoms with van der Waals surface area (Å²) >= 11 is 0. The van der Waals surface area contributed by atoms with Gasteiger partial charge in [0.25, 0.3) is 0 Å². The molecule has 0 aliphatic heterocycles. The minimum atomic E-state index is 1.21. The van der Waals surface area contributed by atoms with Gasteiger partial charge >= 0.3 is 0 Å². The van der Waals surface area contributed by atoms with E-state index in [0.717, 1.165) is 0 Å². The van der Waals surface area contributed by atoms with E-state index in [2.05, 4.69) is 99.4 Å². The van der Waals surface area contributed by atoms with E-state index in [4.69, 9.17) is 0 Å². The second-order valence-electron chi connectivity index (χ2n) is 6.09. The molecule has 1 nitrogen and oxygen atoms in total. The van der Waals surface area contributed by atoms with Crippen molar-refractivity contribution in [3.8, 4) is 11.1 Å². The Morgan fingerprint density at radius 1 is 0.609 bits per heavy atom. The van der Waals surface area contributed by atoms with Crippen LogP contribution in [-0.4, -0.2) is 7.05 Å². The van der Waals surface area contributed by atoms with Crippen molar-refractivity contribution < 1.29 is 0 Å². The summed E-state index contributed by atoms with van der Waals surface area (Å²) in [4.78, 5) is 2.25. The lowest BCUT2D eigenvalue weighted by Gasteiger charge is -2.24. The molecule has 0 radical (unpaired) electrons. The third-order valence-electron chi connectivity index (χ3n) is 4.70. The molecule has 0 bridgehead atoms. The van der Waals surface area contributed by atoms with Gasteiger partial charge in [-0.3, -0.25) is 0 Å². The number of hydrogen-bond acceptors (Lipinski definition) is 1. The fourth-order valence-corrected chi connectivity index (χ4v) is 3.13. The Bertz CT molecular complexity index is 819.